The summed E-state index contributed by atoms with van der Waals surface area (Å²) in [6, 6.07) is 16.1. The highest BCUT2D eigenvalue weighted by molar-refractivity contribution is 14.0. The van der Waals surface area contributed by atoms with Crippen molar-refractivity contribution in [1.29, 1.82) is 0 Å². The Hall–Kier alpha value is -1.80. The van der Waals surface area contributed by atoms with Crippen LogP contribution in [0.1, 0.15) is 25.0 Å². The molecule has 5 nitrogen and oxygen atoms in total. The number of anilines is 1. The van der Waals surface area contributed by atoms with E-state index in [0.717, 1.165) is 36.6 Å². The molecule has 142 valence electrons. The maximum Gasteiger partial charge on any atom is 0.193 e. The van der Waals surface area contributed by atoms with Crippen molar-refractivity contribution in [3.63, 3.8) is 0 Å². The highest BCUT2D eigenvalue weighted by Crippen LogP contribution is 2.15. The van der Waals surface area contributed by atoms with E-state index < -0.39 is 0 Å². The van der Waals surface area contributed by atoms with E-state index >= 15 is 0 Å². The van der Waals surface area contributed by atoms with Gasteiger partial charge in [0.2, 0.25) is 0 Å². The fraction of sp³-hybridized carbons (Fsp3) is 0.350. The quantitative estimate of drug-likeness (QED) is 0.348. The summed E-state index contributed by atoms with van der Waals surface area (Å²) >= 11 is 0. The van der Waals surface area contributed by atoms with E-state index in [2.05, 4.69) is 53.3 Å². The van der Waals surface area contributed by atoms with Crippen LogP contribution in [0.4, 0.5) is 5.69 Å². The topological polar surface area (TPSA) is 62.9 Å². The number of aliphatic imine (C=N–C) groups is 1. The Morgan fingerprint density at radius 3 is 2.35 bits per heavy atom. The van der Waals surface area contributed by atoms with Crippen LogP contribution in [0.25, 0.3) is 0 Å². The number of rotatable bonds is 8. The van der Waals surface area contributed by atoms with Crippen LogP contribution in [-0.4, -0.2) is 31.1 Å². The van der Waals surface area contributed by atoms with Gasteiger partial charge in [-0.05, 0) is 48.5 Å². The second-order valence-electron chi connectivity index (χ2n) is 5.84. The van der Waals surface area contributed by atoms with Gasteiger partial charge >= 0.3 is 0 Å². The molecule has 0 unspecified atom stereocenters. The first-order valence-corrected chi connectivity index (χ1v) is 8.65. The van der Waals surface area contributed by atoms with Crippen molar-refractivity contribution in [3.8, 4) is 5.75 Å². The smallest absolute Gasteiger partial charge is 0.193 e. The van der Waals surface area contributed by atoms with Crippen LogP contribution in [0.5, 0.6) is 5.75 Å². The van der Waals surface area contributed by atoms with Crippen molar-refractivity contribution in [1.82, 2.24) is 4.90 Å². The highest BCUT2D eigenvalue weighted by Gasteiger charge is 2.02. The molecule has 0 spiro atoms. The van der Waals surface area contributed by atoms with E-state index in [4.69, 9.17) is 10.5 Å². The van der Waals surface area contributed by atoms with Crippen LogP contribution in [-0.2, 0) is 13.1 Å². The second kappa shape index (κ2) is 11.7. The van der Waals surface area contributed by atoms with E-state index in [1.165, 1.54) is 5.56 Å². The van der Waals surface area contributed by atoms with E-state index in [-0.39, 0.29) is 24.0 Å². The van der Waals surface area contributed by atoms with Crippen molar-refractivity contribution < 1.29 is 4.74 Å². The molecule has 2 aromatic rings. The zero-order valence-corrected chi connectivity index (χ0v) is 18.1. The fourth-order valence-corrected chi connectivity index (χ4v) is 2.57. The molecule has 0 heterocycles. The minimum atomic E-state index is 0. The summed E-state index contributed by atoms with van der Waals surface area (Å²) in [5.74, 6) is 1.21. The Labute approximate surface area is 173 Å². The van der Waals surface area contributed by atoms with Gasteiger partial charge in [-0.3, -0.25) is 4.90 Å². The number of nitrogens with one attached hydrogen (secondary N) is 1. The van der Waals surface area contributed by atoms with Gasteiger partial charge in [0.25, 0.3) is 0 Å². The third-order valence-electron chi connectivity index (χ3n) is 4.09. The van der Waals surface area contributed by atoms with Crippen molar-refractivity contribution in [3.05, 3.63) is 59.7 Å². The first kappa shape index (κ1) is 22.2. The first-order chi connectivity index (χ1) is 12.1. The van der Waals surface area contributed by atoms with Gasteiger partial charge in [-0.2, -0.15) is 0 Å². The molecule has 0 saturated heterocycles. The Morgan fingerprint density at radius 2 is 1.73 bits per heavy atom. The largest absolute Gasteiger partial charge is 0.497 e. The summed E-state index contributed by atoms with van der Waals surface area (Å²) in [7, 11) is 1.65. The molecule has 2 rings (SSSR count). The monoisotopic (exact) mass is 468 g/mol. The molecule has 6 heteroatoms. The van der Waals surface area contributed by atoms with Crippen LogP contribution in [0.15, 0.2) is 53.5 Å². The molecule has 0 fully saturated rings. The second-order valence-corrected chi connectivity index (χ2v) is 5.84. The molecule has 0 aromatic heterocycles. The van der Waals surface area contributed by atoms with Gasteiger partial charge in [0.05, 0.1) is 13.7 Å². The van der Waals surface area contributed by atoms with Crippen molar-refractivity contribution in [2.75, 3.05) is 25.5 Å². The molecule has 2 aromatic carbocycles. The number of ether oxygens (including phenoxy) is 1. The summed E-state index contributed by atoms with van der Waals surface area (Å²) < 4.78 is 5.14. The van der Waals surface area contributed by atoms with Crippen molar-refractivity contribution in [2.24, 2.45) is 10.7 Å². The summed E-state index contributed by atoms with van der Waals surface area (Å²) in [6.07, 6.45) is 0. The van der Waals surface area contributed by atoms with Crippen molar-refractivity contribution in [2.45, 2.75) is 26.9 Å². The normalized spacial score (nSPS) is 11.2. The molecule has 3 N–H and O–H groups in total. The van der Waals surface area contributed by atoms with E-state index in [1.807, 2.05) is 24.3 Å². The lowest BCUT2D eigenvalue weighted by Gasteiger charge is -2.18. The van der Waals surface area contributed by atoms with Gasteiger partial charge in [-0.1, -0.05) is 38.1 Å². The highest BCUT2D eigenvalue weighted by atomic mass is 127. The third kappa shape index (κ3) is 7.21. The van der Waals surface area contributed by atoms with Crippen molar-refractivity contribution >= 4 is 35.6 Å². The number of nitrogens with two attached hydrogens (primary N) is 1. The van der Waals surface area contributed by atoms with Crippen LogP contribution in [0.2, 0.25) is 0 Å². The minimum absolute atomic E-state index is 0. The fourth-order valence-electron chi connectivity index (χ4n) is 2.57. The molecule has 26 heavy (non-hydrogen) atoms. The SMILES string of the molecule is CCN(CC)Cc1cccc(CN=C(N)Nc2ccc(OC)cc2)c1.I. The van der Waals surface area contributed by atoms with E-state index in [9.17, 15) is 0 Å². The minimum Gasteiger partial charge on any atom is -0.497 e. The lowest BCUT2D eigenvalue weighted by atomic mass is 10.1. The average Bonchev–Trinajstić information content (AvgIpc) is 2.65. The molecule has 0 amide bonds. The van der Waals surface area contributed by atoms with E-state index in [0.29, 0.717) is 12.5 Å². The maximum atomic E-state index is 5.99. The molecule has 0 aliphatic rings. The summed E-state index contributed by atoms with van der Waals surface area (Å²) in [6.45, 7) is 7.99. The molecule has 0 bridgehead atoms. The van der Waals surface area contributed by atoms with Gasteiger partial charge in [-0.25, -0.2) is 4.99 Å². The van der Waals surface area contributed by atoms with E-state index in [1.54, 1.807) is 7.11 Å². The van der Waals surface area contributed by atoms with Gasteiger partial charge in [0, 0.05) is 12.2 Å². The maximum absolute atomic E-state index is 5.99. The Morgan fingerprint density at radius 1 is 1.08 bits per heavy atom. The number of hydrogen-bond donors (Lipinski definition) is 2. The van der Waals surface area contributed by atoms with Gasteiger partial charge in [0.1, 0.15) is 5.75 Å². The number of guanidine groups is 1. The standard InChI is InChI=1S/C20H28N4O.HI/c1-4-24(5-2)15-17-8-6-7-16(13-17)14-22-20(21)23-18-9-11-19(25-3)12-10-18;/h6-13H,4-5,14-15H2,1-3H3,(H3,21,22,23);1H. The number of halogens is 1. The first-order valence-electron chi connectivity index (χ1n) is 8.65. The predicted octanol–water partition coefficient (Wildman–Crippen LogP) is 4.08. The van der Waals surface area contributed by atoms with Gasteiger partial charge in [-0.15, -0.1) is 24.0 Å². The molecule has 0 aliphatic carbocycles. The van der Waals surface area contributed by atoms with Gasteiger partial charge < -0.3 is 15.8 Å². The van der Waals surface area contributed by atoms with Crippen LogP contribution in [0.3, 0.4) is 0 Å². The van der Waals surface area contributed by atoms with Crippen LogP contribution in [0, 0.1) is 0 Å². The zero-order chi connectivity index (χ0) is 18.1. The molecular formula is C20H29IN4O. The zero-order valence-electron chi connectivity index (χ0n) is 15.7. The van der Waals surface area contributed by atoms with Crippen LogP contribution < -0.4 is 15.8 Å². The third-order valence-corrected chi connectivity index (χ3v) is 4.09. The number of hydrogen-bond acceptors (Lipinski definition) is 3. The Kier molecular flexibility index (Phi) is 10.0. The summed E-state index contributed by atoms with van der Waals surface area (Å²) in [4.78, 5) is 6.82. The predicted molar refractivity (Wildman–Crippen MR) is 120 cm³/mol. The molecule has 0 aliphatic heterocycles. The Bertz CT molecular complexity index is 684. The summed E-state index contributed by atoms with van der Waals surface area (Å²) in [5, 5.41) is 3.09. The number of nitrogens with zero attached hydrogens (tertiary/aromatic N) is 2. The molecule has 0 saturated carbocycles. The molecular weight excluding hydrogens is 439 g/mol. The van der Waals surface area contributed by atoms with Gasteiger partial charge in [0.15, 0.2) is 5.96 Å². The summed E-state index contributed by atoms with van der Waals surface area (Å²) in [5.41, 5.74) is 9.33. The lowest BCUT2D eigenvalue weighted by molar-refractivity contribution is 0.296. The van der Waals surface area contributed by atoms with Crippen LogP contribution >= 0.6 is 24.0 Å². The molecule has 0 radical (unpaired) electrons. The molecule has 0 atom stereocenters. The average molecular weight is 468 g/mol. The Balaban J connectivity index is 0.00000338. The number of methoxy groups -OCH3 is 1. The lowest BCUT2D eigenvalue weighted by Crippen LogP contribution is -2.22. The number of benzene rings is 2.